The molecule has 0 N–H and O–H groups in total. The standard InChI is InChI=1S/C11H6Cl2O4/c1-16-9-8(10(14)17-11(9)15)5-2-3-6(12)7(13)4-5/h2-4H,1H3. The van der Waals surface area contributed by atoms with E-state index in [-0.39, 0.29) is 16.4 Å². The monoisotopic (exact) mass is 272 g/mol. The summed E-state index contributed by atoms with van der Waals surface area (Å²) < 4.78 is 9.29. The number of carbonyl (C=O) groups is 2. The van der Waals surface area contributed by atoms with Crippen molar-refractivity contribution >= 4 is 40.7 Å². The van der Waals surface area contributed by atoms with Crippen LogP contribution in [0.2, 0.25) is 10.0 Å². The van der Waals surface area contributed by atoms with Crippen LogP contribution in [0, 0.1) is 0 Å². The van der Waals surface area contributed by atoms with Crippen LogP contribution in [0.1, 0.15) is 5.56 Å². The van der Waals surface area contributed by atoms with Gasteiger partial charge in [-0.25, -0.2) is 9.59 Å². The molecule has 0 amide bonds. The maximum atomic E-state index is 11.5. The molecule has 6 heteroatoms. The van der Waals surface area contributed by atoms with Gasteiger partial charge in [0, 0.05) is 0 Å². The summed E-state index contributed by atoms with van der Waals surface area (Å²) in [5.74, 6) is -1.70. The minimum Gasteiger partial charge on any atom is -0.489 e. The van der Waals surface area contributed by atoms with Crippen molar-refractivity contribution in [1.29, 1.82) is 0 Å². The third-order valence-corrected chi connectivity index (χ3v) is 2.95. The summed E-state index contributed by atoms with van der Waals surface area (Å²) in [7, 11) is 1.28. The Bertz CT molecular complexity index is 548. The Hall–Kier alpha value is -1.52. The molecule has 1 aromatic rings. The molecule has 1 aromatic carbocycles. The minimum atomic E-state index is -0.807. The van der Waals surface area contributed by atoms with Gasteiger partial charge in [0.15, 0.2) is 0 Å². The molecule has 0 bridgehead atoms. The van der Waals surface area contributed by atoms with Crippen molar-refractivity contribution in [2.24, 2.45) is 0 Å². The lowest BCUT2D eigenvalue weighted by molar-refractivity contribution is -0.151. The summed E-state index contributed by atoms with van der Waals surface area (Å²) in [5, 5.41) is 0.631. The van der Waals surface area contributed by atoms with E-state index in [2.05, 4.69) is 4.74 Å². The van der Waals surface area contributed by atoms with Crippen LogP contribution in [-0.4, -0.2) is 19.0 Å². The highest BCUT2D eigenvalue weighted by Crippen LogP contribution is 2.31. The maximum absolute atomic E-state index is 11.5. The highest BCUT2D eigenvalue weighted by Gasteiger charge is 2.35. The molecule has 0 radical (unpaired) electrons. The zero-order valence-corrected chi connectivity index (χ0v) is 10.1. The molecule has 0 unspecified atom stereocenters. The van der Waals surface area contributed by atoms with Crippen molar-refractivity contribution in [1.82, 2.24) is 0 Å². The Balaban J connectivity index is 2.58. The number of ether oxygens (including phenoxy) is 2. The van der Waals surface area contributed by atoms with Gasteiger partial charge in [-0.05, 0) is 17.7 Å². The zero-order chi connectivity index (χ0) is 12.6. The first-order valence-corrected chi connectivity index (χ1v) is 5.30. The number of hydrogen-bond donors (Lipinski definition) is 0. The van der Waals surface area contributed by atoms with Crippen molar-refractivity contribution in [3.63, 3.8) is 0 Å². The summed E-state index contributed by atoms with van der Waals surface area (Å²) in [4.78, 5) is 22.8. The van der Waals surface area contributed by atoms with Crippen LogP contribution in [0.4, 0.5) is 0 Å². The quantitative estimate of drug-likeness (QED) is 0.613. The van der Waals surface area contributed by atoms with Crippen molar-refractivity contribution in [3.05, 3.63) is 39.6 Å². The zero-order valence-electron chi connectivity index (χ0n) is 8.62. The van der Waals surface area contributed by atoms with Crippen molar-refractivity contribution in [2.45, 2.75) is 0 Å². The van der Waals surface area contributed by atoms with E-state index in [1.807, 2.05) is 0 Å². The number of hydrogen-bond acceptors (Lipinski definition) is 4. The fraction of sp³-hybridized carbons (Fsp3) is 0.0909. The third kappa shape index (κ3) is 2.01. The lowest BCUT2D eigenvalue weighted by Gasteiger charge is -2.03. The molecule has 2 rings (SSSR count). The number of cyclic esters (lactones) is 2. The molecule has 0 spiro atoms. The first-order valence-electron chi connectivity index (χ1n) is 4.54. The van der Waals surface area contributed by atoms with E-state index in [0.717, 1.165) is 0 Å². The van der Waals surface area contributed by atoms with Gasteiger partial charge in [-0.3, -0.25) is 0 Å². The Morgan fingerprint density at radius 2 is 1.82 bits per heavy atom. The van der Waals surface area contributed by atoms with Crippen LogP contribution in [0.25, 0.3) is 5.57 Å². The number of methoxy groups -OCH3 is 1. The average molecular weight is 273 g/mol. The molecule has 1 heterocycles. The van der Waals surface area contributed by atoms with Crippen LogP contribution in [0.5, 0.6) is 0 Å². The smallest absolute Gasteiger partial charge is 0.382 e. The van der Waals surface area contributed by atoms with E-state index in [1.54, 1.807) is 6.07 Å². The SMILES string of the molecule is COC1=C(c2ccc(Cl)c(Cl)c2)C(=O)OC1=O. The molecule has 0 aromatic heterocycles. The van der Waals surface area contributed by atoms with Crippen molar-refractivity contribution in [3.8, 4) is 0 Å². The lowest BCUT2D eigenvalue weighted by Crippen LogP contribution is -2.02. The van der Waals surface area contributed by atoms with Gasteiger partial charge in [-0.1, -0.05) is 29.3 Å². The number of esters is 2. The molecule has 0 aliphatic carbocycles. The second-order valence-electron chi connectivity index (χ2n) is 3.21. The summed E-state index contributed by atoms with van der Waals surface area (Å²) in [5.41, 5.74) is 0.475. The van der Waals surface area contributed by atoms with Gasteiger partial charge in [-0.2, -0.15) is 0 Å². The fourth-order valence-corrected chi connectivity index (χ4v) is 1.76. The van der Waals surface area contributed by atoms with E-state index < -0.39 is 11.9 Å². The van der Waals surface area contributed by atoms with E-state index in [9.17, 15) is 9.59 Å². The average Bonchev–Trinajstić information content (AvgIpc) is 2.57. The predicted molar refractivity (Wildman–Crippen MR) is 61.5 cm³/mol. The van der Waals surface area contributed by atoms with Gasteiger partial charge in [0.25, 0.3) is 0 Å². The molecule has 1 aliphatic rings. The largest absolute Gasteiger partial charge is 0.489 e. The molecule has 17 heavy (non-hydrogen) atoms. The lowest BCUT2D eigenvalue weighted by atomic mass is 10.1. The summed E-state index contributed by atoms with van der Waals surface area (Å²) in [6.45, 7) is 0. The number of rotatable bonds is 2. The Morgan fingerprint density at radius 1 is 1.12 bits per heavy atom. The molecular weight excluding hydrogens is 267 g/mol. The Morgan fingerprint density at radius 3 is 2.41 bits per heavy atom. The highest BCUT2D eigenvalue weighted by atomic mass is 35.5. The number of benzene rings is 1. The van der Waals surface area contributed by atoms with Crippen LogP contribution in [0.3, 0.4) is 0 Å². The Labute approximate surface area is 107 Å². The van der Waals surface area contributed by atoms with Gasteiger partial charge in [0.05, 0.1) is 17.2 Å². The normalized spacial score (nSPS) is 15.2. The summed E-state index contributed by atoms with van der Waals surface area (Å²) in [6.07, 6.45) is 0. The third-order valence-electron chi connectivity index (χ3n) is 2.21. The molecule has 88 valence electrons. The molecular formula is C11H6Cl2O4. The van der Waals surface area contributed by atoms with Gasteiger partial charge >= 0.3 is 11.9 Å². The molecule has 4 nitrogen and oxygen atoms in total. The van der Waals surface area contributed by atoms with Crippen molar-refractivity contribution in [2.75, 3.05) is 7.11 Å². The molecule has 0 atom stereocenters. The number of carbonyl (C=O) groups excluding carboxylic acids is 2. The summed E-state index contributed by atoms with van der Waals surface area (Å²) >= 11 is 11.6. The van der Waals surface area contributed by atoms with Crippen LogP contribution < -0.4 is 0 Å². The molecule has 0 saturated carbocycles. The second kappa shape index (κ2) is 4.39. The highest BCUT2D eigenvalue weighted by molar-refractivity contribution is 6.42. The van der Waals surface area contributed by atoms with E-state index in [1.165, 1.54) is 19.2 Å². The van der Waals surface area contributed by atoms with Crippen molar-refractivity contribution < 1.29 is 19.1 Å². The van der Waals surface area contributed by atoms with Gasteiger partial charge in [0.2, 0.25) is 5.76 Å². The predicted octanol–water partition coefficient (Wildman–Crippen LogP) is 2.43. The van der Waals surface area contributed by atoms with Gasteiger partial charge in [0.1, 0.15) is 5.57 Å². The molecule has 1 aliphatic heterocycles. The topological polar surface area (TPSA) is 52.6 Å². The first kappa shape index (κ1) is 12.0. The molecule has 0 saturated heterocycles. The van der Waals surface area contributed by atoms with E-state index >= 15 is 0 Å². The van der Waals surface area contributed by atoms with Crippen LogP contribution in [-0.2, 0) is 19.1 Å². The van der Waals surface area contributed by atoms with E-state index in [4.69, 9.17) is 27.9 Å². The maximum Gasteiger partial charge on any atom is 0.382 e. The first-order chi connectivity index (χ1) is 8.04. The van der Waals surface area contributed by atoms with Gasteiger partial charge in [-0.15, -0.1) is 0 Å². The van der Waals surface area contributed by atoms with Crippen LogP contribution >= 0.6 is 23.2 Å². The Kier molecular flexibility index (Phi) is 3.09. The van der Waals surface area contributed by atoms with Crippen LogP contribution in [0.15, 0.2) is 24.0 Å². The summed E-state index contributed by atoms with van der Waals surface area (Å²) in [6, 6.07) is 4.55. The van der Waals surface area contributed by atoms with E-state index in [0.29, 0.717) is 10.6 Å². The number of halogens is 2. The second-order valence-corrected chi connectivity index (χ2v) is 4.03. The molecule has 0 fully saturated rings. The fourth-order valence-electron chi connectivity index (χ4n) is 1.46. The van der Waals surface area contributed by atoms with Gasteiger partial charge < -0.3 is 9.47 Å². The minimum absolute atomic E-state index is 0.0519.